The Morgan fingerprint density at radius 2 is 2.24 bits per heavy atom. The molecule has 0 fully saturated rings. The molecule has 0 saturated heterocycles. The van der Waals surface area contributed by atoms with Crippen LogP contribution in [0.25, 0.3) is 0 Å². The highest BCUT2D eigenvalue weighted by Crippen LogP contribution is 2.23. The first kappa shape index (κ1) is 14.7. The second-order valence-electron chi connectivity index (χ2n) is 3.79. The van der Waals surface area contributed by atoms with Crippen molar-refractivity contribution in [3.8, 4) is 0 Å². The van der Waals surface area contributed by atoms with Crippen molar-refractivity contribution in [1.82, 2.24) is 10.2 Å². The minimum Gasteiger partial charge on any atom is -0.337 e. The third-order valence-corrected chi connectivity index (χ3v) is 4.02. The first-order valence-corrected chi connectivity index (χ1v) is 7.51. The van der Waals surface area contributed by atoms with Crippen LogP contribution >= 0.6 is 27.3 Å². The molecule has 5 heteroatoms. The van der Waals surface area contributed by atoms with Crippen molar-refractivity contribution >= 4 is 33.2 Å². The Labute approximate surface area is 115 Å². The quantitative estimate of drug-likeness (QED) is 0.784. The summed E-state index contributed by atoms with van der Waals surface area (Å²) in [7, 11) is 0. The zero-order valence-electron chi connectivity index (χ0n) is 10.3. The molecule has 1 aromatic heterocycles. The molecule has 0 bridgehead atoms. The lowest BCUT2D eigenvalue weighted by molar-refractivity contribution is -0.130. The molecule has 0 aliphatic heterocycles. The Bertz CT molecular complexity index is 354. The number of carbonyl (C=O) groups is 1. The van der Waals surface area contributed by atoms with E-state index >= 15 is 0 Å². The molecular formula is C12H19BrN2OS. The van der Waals surface area contributed by atoms with Crippen LogP contribution in [0, 0.1) is 0 Å². The van der Waals surface area contributed by atoms with Gasteiger partial charge in [0, 0.05) is 11.4 Å². The van der Waals surface area contributed by atoms with Crippen LogP contribution in [0.15, 0.2) is 15.9 Å². The standard InChI is InChI=1S/C12H19BrN2OS/c1-3-7-14-8-12(16)15(4-2)9-10-5-6-11(13)17-10/h5-6,14H,3-4,7-9H2,1-2H3. The maximum atomic E-state index is 11.9. The van der Waals surface area contributed by atoms with Gasteiger partial charge in [0.1, 0.15) is 0 Å². The number of hydrogen-bond acceptors (Lipinski definition) is 3. The fourth-order valence-electron chi connectivity index (χ4n) is 1.49. The molecule has 0 unspecified atom stereocenters. The summed E-state index contributed by atoms with van der Waals surface area (Å²) in [5.41, 5.74) is 0. The number of nitrogens with zero attached hydrogens (tertiary/aromatic N) is 1. The third-order valence-electron chi connectivity index (χ3n) is 2.41. The Hall–Kier alpha value is -0.390. The normalized spacial score (nSPS) is 10.5. The van der Waals surface area contributed by atoms with Gasteiger partial charge in [-0.25, -0.2) is 0 Å². The fourth-order valence-corrected chi connectivity index (χ4v) is 2.98. The van der Waals surface area contributed by atoms with E-state index in [0.29, 0.717) is 13.1 Å². The third kappa shape index (κ3) is 5.19. The number of hydrogen-bond donors (Lipinski definition) is 1. The molecule has 0 aliphatic carbocycles. The molecular weight excluding hydrogens is 300 g/mol. The molecule has 1 aromatic rings. The van der Waals surface area contributed by atoms with E-state index < -0.39 is 0 Å². The average Bonchev–Trinajstić information content (AvgIpc) is 2.72. The summed E-state index contributed by atoms with van der Waals surface area (Å²) in [6, 6.07) is 4.08. The monoisotopic (exact) mass is 318 g/mol. The van der Waals surface area contributed by atoms with Crippen molar-refractivity contribution in [3.05, 3.63) is 20.8 Å². The molecule has 17 heavy (non-hydrogen) atoms. The van der Waals surface area contributed by atoms with Gasteiger partial charge < -0.3 is 10.2 Å². The van der Waals surface area contributed by atoms with Gasteiger partial charge in [-0.1, -0.05) is 6.92 Å². The molecule has 0 aromatic carbocycles. The van der Waals surface area contributed by atoms with Crippen LogP contribution < -0.4 is 5.32 Å². The van der Waals surface area contributed by atoms with Crippen molar-refractivity contribution in [2.45, 2.75) is 26.8 Å². The largest absolute Gasteiger partial charge is 0.337 e. The topological polar surface area (TPSA) is 32.3 Å². The lowest BCUT2D eigenvalue weighted by atomic mass is 10.3. The summed E-state index contributed by atoms with van der Waals surface area (Å²) in [5.74, 6) is 0.172. The van der Waals surface area contributed by atoms with E-state index in [2.05, 4.69) is 34.2 Å². The number of nitrogens with one attached hydrogen (secondary N) is 1. The maximum absolute atomic E-state index is 11.9. The van der Waals surface area contributed by atoms with Crippen LogP contribution in [0.2, 0.25) is 0 Å². The second-order valence-corrected chi connectivity index (χ2v) is 6.34. The first-order chi connectivity index (χ1) is 8.17. The molecule has 1 amide bonds. The Morgan fingerprint density at radius 1 is 1.47 bits per heavy atom. The second kappa shape index (κ2) is 7.84. The molecule has 1 N–H and O–H groups in total. The van der Waals surface area contributed by atoms with Crippen molar-refractivity contribution in [3.63, 3.8) is 0 Å². The highest BCUT2D eigenvalue weighted by molar-refractivity contribution is 9.11. The fraction of sp³-hybridized carbons (Fsp3) is 0.583. The molecule has 0 radical (unpaired) electrons. The molecule has 1 heterocycles. The molecule has 1 rings (SSSR count). The highest BCUT2D eigenvalue weighted by Gasteiger charge is 2.12. The van der Waals surface area contributed by atoms with Gasteiger partial charge in [0.2, 0.25) is 5.91 Å². The van der Waals surface area contributed by atoms with Crippen LogP contribution in [-0.4, -0.2) is 30.4 Å². The summed E-state index contributed by atoms with van der Waals surface area (Å²) >= 11 is 5.11. The van der Waals surface area contributed by atoms with E-state index in [1.54, 1.807) is 11.3 Å². The Morgan fingerprint density at radius 3 is 2.76 bits per heavy atom. The number of carbonyl (C=O) groups excluding carboxylic acids is 1. The minimum absolute atomic E-state index is 0.172. The van der Waals surface area contributed by atoms with Crippen molar-refractivity contribution in [2.24, 2.45) is 0 Å². The summed E-state index contributed by atoms with van der Waals surface area (Å²) in [5, 5.41) is 3.14. The summed E-state index contributed by atoms with van der Waals surface area (Å²) < 4.78 is 1.11. The van der Waals surface area contributed by atoms with Gasteiger partial charge in [-0.3, -0.25) is 4.79 Å². The number of thiophene rings is 1. The maximum Gasteiger partial charge on any atom is 0.236 e. The van der Waals surface area contributed by atoms with E-state index in [-0.39, 0.29) is 5.91 Å². The summed E-state index contributed by atoms with van der Waals surface area (Å²) in [4.78, 5) is 15.0. The SMILES string of the molecule is CCCNCC(=O)N(CC)Cc1ccc(Br)s1. The summed E-state index contributed by atoms with van der Waals surface area (Å²) in [6.07, 6.45) is 1.05. The average molecular weight is 319 g/mol. The first-order valence-electron chi connectivity index (χ1n) is 5.90. The molecule has 0 spiro atoms. The van der Waals surface area contributed by atoms with Gasteiger partial charge in [-0.15, -0.1) is 11.3 Å². The number of likely N-dealkylation sites (N-methyl/N-ethyl adjacent to an activating group) is 1. The van der Waals surface area contributed by atoms with Gasteiger partial charge in [-0.05, 0) is 48.0 Å². The molecule has 0 saturated carbocycles. The molecule has 96 valence electrons. The number of rotatable bonds is 7. The van der Waals surface area contributed by atoms with Crippen LogP contribution in [0.5, 0.6) is 0 Å². The van der Waals surface area contributed by atoms with E-state index in [4.69, 9.17) is 0 Å². The lowest BCUT2D eigenvalue weighted by Crippen LogP contribution is -2.37. The van der Waals surface area contributed by atoms with E-state index in [1.165, 1.54) is 4.88 Å². The Balaban J connectivity index is 2.44. The van der Waals surface area contributed by atoms with E-state index in [9.17, 15) is 4.79 Å². The van der Waals surface area contributed by atoms with E-state index in [0.717, 1.165) is 23.3 Å². The summed E-state index contributed by atoms with van der Waals surface area (Å²) in [6.45, 7) is 6.91. The Kier molecular flexibility index (Phi) is 6.77. The van der Waals surface area contributed by atoms with Crippen molar-refractivity contribution in [2.75, 3.05) is 19.6 Å². The van der Waals surface area contributed by atoms with Gasteiger partial charge in [-0.2, -0.15) is 0 Å². The predicted molar refractivity (Wildman–Crippen MR) is 76.3 cm³/mol. The van der Waals surface area contributed by atoms with Crippen LogP contribution in [-0.2, 0) is 11.3 Å². The lowest BCUT2D eigenvalue weighted by Gasteiger charge is -2.20. The van der Waals surface area contributed by atoms with Gasteiger partial charge in [0.15, 0.2) is 0 Å². The van der Waals surface area contributed by atoms with Gasteiger partial charge in [0.25, 0.3) is 0 Å². The zero-order chi connectivity index (χ0) is 12.7. The number of halogens is 1. The van der Waals surface area contributed by atoms with Gasteiger partial charge >= 0.3 is 0 Å². The molecule has 0 atom stereocenters. The van der Waals surface area contributed by atoms with E-state index in [1.807, 2.05) is 17.9 Å². The molecule has 0 aliphatic rings. The van der Waals surface area contributed by atoms with Crippen molar-refractivity contribution in [1.29, 1.82) is 0 Å². The number of amides is 1. The van der Waals surface area contributed by atoms with Crippen LogP contribution in [0.1, 0.15) is 25.1 Å². The van der Waals surface area contributed by atoms with Crippen LogP contribution in [0.3, 0.4) is 0 Å². The zero-order valence-corrected chi connectivity index (χ0v) is 12.7. The van der Waals surface area contributed by atoms with Crippen LogP contribution in [0.4, 0.5) is 0 Å². The van der Waals surface area contributed by atoms with Gasteiger partial charge in [0.05, 0.1) is 16.9 Å². The predicted octanol–water partition coefficient (Wildman–Crippen LogP) is 2.86. The minimum atomic E-state index is 0.172. The molecule has 3 nitrogen and oxygen atoms in total. The van der Waals surface area contributed by atoms with Crippen molar-refractivity contribution < 1.29 is 4.79 Å². The highest BCUT2D eigenvalue weighted by atomic mass is 79.9. The smallest absolute Gasteiger partial charge is 0.236 e.